The summed E-state index contributed by atoms with van der Waals surface area (Å²) in [5.41, 5.74) is 0. The van der Waals surface area contributed by atoms with Crippen molar-refractivity contribution in [2.45, 2.75) is 27.1 Å². The third-order valence-electron chi connectivity index (χ3n) is 1.70. The van der Waals surface area contributed by atoms with E-state index in [1.807, 2.05) is 4.18 Å². The first-order valence-corrected chi connectivity index (χ1v) is 5.95. The number of quaternary nitrogens is 1. The van der Waals surface area contributed by atoms with Crippen LogP contribution in [0.2, 0.25) is 0 Å². The Kier molecular flexibility index (Phi) is 8.80. The molecule has 0 spiro atoms. The molecule has 5 nitrogen and oxygen atoms in total. The highest BCUT2D eigenvalue weighted by atomic mass is 32.3. The van der Waals surface area contributed by atoms with Crippen molar-refractivity contribution in [3.63, 3.8) is 0 Å². The molecular formula is C7H16F3NO4S. The van der Waals surface area contributed by atoms with Gasteiger partial charge in [0.05, 0.1) is 19.6 Å². The van der Waals surface area contributed by atoms with Gasteiger partial charge in [0, 0.05) is 0 Å². The van der Waals surface area contributed by atoms with Crippen molar-refractivity contribution in [3.05, 3.63) is 0 Å². The Hall–Kier alpha value is -0.380. The van der Waals surface area contributed by atoms with Gasteiger partial charge < -0.3 is 9.45 Å². The Balaban J connectivity index is 0. The van der Waals surface area contributed by atoms with Crippen LogP contribution in [0.25, 0.3) is 0 Å². The van der Waals surface area contributed by atoms with Gasteiger partial charge in [0.1, 0.15) is 0 Å². The van der Waals surface area contributed by atoms with Gasteiger partial charge in [-0.05, 0) is 20.8 Å². The maximum Gasteiger partial charge on any atom is 0.536 e. The average molecular weight is 267 g/mol. The molecule has 0 saturated heterocycles. The van der Waals surface area contributed by atoms with Gasteiger partial charge in [0.15, 0.2) is 0 Å². The van der Waals surface area contributed by atoms with Crippen molar-refractivity contribution in [1.29, 1.82) is 0 Å². The first kappa shape index (κ1) is 18.0. The van der Waals surface area contributed by atoms with Crippen LogP contribution < -0.4 is 4.90 Å². The summed E-state index contributed by atoms with van der Waals surface area (Å²) in [4.78, 5) is 1.68. The van der Waals surface area contributed by atoms with Crippen molar-refractivity contribution >= 4 is 10.4 Å². The molecule has 0 heterocycles. The lowest BCUT2D eigenvalue weighted by Gasteiger charge is -2.10. The molecule has 0 aromatic rings. The Bertz CT molecular complexity index is 256. The molecule has 0 unspecified atom stereocenters. The van der Waals surface area contributed by atoms with Crippen LogP contribution in [0.1, 0.15) is 20.8 Å². The highest BCUT2D eigenvalue weighted by Gasteiger charge is 2.32. The van der Waals surface area contributed by atoms with Crippen LogP contribution >= 0.6 is 0 Å². The van der Waals surface area contributed by atoms with E-state index in [9.17, 15) is 13.2 Å². The third-order valence-corrected chi connectivity index (χ3v) is 2.09. The smallest absolute Gasteiger partial charge is 0.536 e. The summed E-state index contributed by atoms with van der Waals surface area (Å²) in [6, 6.07) is 0. The maximum atomic E-state index is 10.8. The number of hydrogen-bond donors (Lipinski definition) is 1. The molecule has 100 valence electrons. The van der Waals surface area contributed by atoms with E-state index in [0.29, 0.717) is 0 Å². The molecule has 0 radical (unpaired) electrons. The molecule has 0 rings (SSSR count). The molecule has 16 heavy (non-hydrogen) atoms. The van der Waals surface area contributed by atoms with Crippen molar-refractivity contribution in [3.8, 4) is 0 Å². The second kappa shape index (κ2) is 7.82. The molecule has 0 bridgehead atoms. The Labute approximate surface area is 93.1 Å². The Morgan fingerprint density at radius 1 is 1.12 bits per heavy atom. The maximum absolute atomic E-state index is 10.8. The van der Waals surface area contributed by atoms with Gasteiger partial charge in [-0.1, -0.05) is 0 Å². The summed E-state index contributed by atoms with van der Waals surface area (Å²) in [6.07, 6.45) is -5.42. The van der Waals surface area contributed by atoms with Crippen LogP contribution in [0.5, 0.6) is 0 Å². The van der Waals surface area contributed by atoms with Crippen molar-refractivity contribution in [2.24, 2.45) is 0 Å². The normalized spacial score (nSPS) is 12.2. The quantitative estimate of drug-likeness (QED) is 0.571. The van der Waals surface area contributed by atoms with Crippen LogP contribution in [0.15, 0.2) is 0 Å². The average Bonchev–Trinajstić information content (AvgIpc) is 2.01. The zero-order valence-corrected chi connectivity index (χ0v) is 10.1. The highest BCUT2D eigenvalue weighted by molar-refractivity contribution is 7.80. The number of rotatable bonds is 4. The van der Waals surface area contributed by atoms with Gasteiger partial charge in [0.2, 0.25) is 10.4 Å². The first-order valence-electron chi connectivity index (χ1n) is 4.62. The first-order chi connectivity index (χ1) is 7.05. The van der Waals surface area contributed by atoms with Gasteiger partial charge in [-0.25, -0.2) is 8.42 Å². The van der Waals surface area contributed by atoms with Crippen molar-refractivity contribution in [1.82, 2.24) is 0 Å². The monoisotopic (exact) mass is 267 g/mol. The zero-order valence-electron chi connectivity index (χ0n) is 9.30. The third kappa shape index (κ3) is 16.1. The Morgan fingerprint density at radius 3 is 1.44 bits per heavy atom. The topological polar surface area (TPSA) is 70.9 Å². The van der Waals surface area contributed by atoms with Gasteiger partial charge in [0.25, 0.3) is 0 Å². The molecule has 0 aromatic carbocycles. The molecule has 0 aliphatic carbocycles. The molecule has 0 atom stereocenters. The fourth-order valence-corrected chi connectivity index (χ4v) is 1.10. The minimum absolute atomic E-state index is 1.27. The van der Waals surface area contributed by atoms with E-state index in [1.54, 1.807) is 4.90 Å². The standard InChI is InChI=1S/C6H15N.CHF3O4S/c1-4-7(5-2)6-3;2-1(3,4)8-9(5,6)7/h4-6H2,1-3H3;(H,5,6,7). The molecular weight excluding hydrogens is 251 g/mol. The molecule has 0 amide bonds. The summed E-state index contributed by atoms with van der Waals surface area (Å²) in [5.74, 6) is 0. The lowest BCUT2D eigenvalue weighted by molar-refractivity contribution is -0.894. The summed E-state index contributed by atoms with van der Waals surface area (Å²) in [6.45, 7) is 10.5. The van der Waals surface area contributed by atoms with E-state index < -0.39 is 16.8 Å². The molecule has 1 N–H and O–H groups in total. The fraction of sp³-hybridized carbons (Fsp3) is 1.00. The van der Waals surface area contributed by atoms with Gasteiger partial charge in [-0.15, -0.1) is 13.2 Å². The molecule has 0 fully saturated rings. The van der Waals surface area contributed by atoms with Crippen LogP contribution in [0, 0.1) is 0 Å². The number of nitrogens with one attached hydrogen (secondary N) is 1. The van der Waals surface area contributed by atoms with Crippen LogP contribution in [0.4, 0.5) is 13.2 Å². The molecule has 0 aliphatic rings. The summed E-state index contributed by atoms with van der Waals surface area (Å²) < 4.78 is 61.7. The summed E-state index contributed by atoms with van der Waals surface area (Å²) >= 11 is 0. The number of halogens is 3. The van der Waals surface area contributed by atoms with Crippen LogP contribution in [-0.2, 0) is 14.6 Å². The predicted octanol–water partition coefficient (Wildman–Crippen LogP) is -0.0860. The van der Waals surface area contributed by atoms with E-state index in [4.69, 9.17) is 13.0 Å². The van der Waals surface area contributed by atoms with Gasteiger partial charge in [-0.3, -0.25) is 0 Å². The molecule has 0 aromatic heterocycles. The van der Waals surface area contributed by atoms with Crippen LogP contribution in [-0.4, -0.2) is 39.0 Å². The van der Waals surface area contributed by atoms with Gasteiger partial charge in [-0.2, -0.15) is 4.18 Å². The Morgan fingerprint density at radius 2 is 1.44 bits per heavy atom. The predicted molar refractivity (Wildman–Crippen MR) is 49.4 cm³/mol. The fourth-order valence-electron chi connectivity index (χ4n) is 0.866. The number of hydrogen-bond acceptors (Lipinski definition) is 4. The second-order valence-electron chi connectivity index (χ2n) is 2.75. The lowest BCUT2D eigenvalue weighted by atomic mass is 10.5. The molecule has 0 aliphatic heterocycles. The number of alkyl halides is 3. The largest absolute Gasteiger partial charge is 0.725 e. The van der Waals surface area contributed by atoms with Gasteiger partial charge >= 0.3 is 6.36 Å². The van der Waals surface area contributed by atoms with Crippen molar-refractivity contribution < 1.29 is 35.2 Å². The van der Waals surface area contributed by atoms with Crippen LogP contribution in [0.3, 0.4) is 0 Å². The zero-order chi connectivity index (χ0) is 13.4. The summed E-state index contributed by atoms with van der Waals surface area (Å²) in [7, 11) is -5.66. The highest BCUT2D eigenvalue weighted by Crippen LogP contribution is 2.17. The van der Waals surface area contributed by atoms with Crippen molar-refractivity contribution in [2.75, 3.05) is 19.6 Å². The molecule has 0 saturated carbocycles. The SMILES string of the molecule is CC[NH+](CC)CC.O=S(=O)([O-])OC(F)(F)F. The minimum atomic E-state index is -5.66. The van der Waals surface area contributed by atoms with E-state index in [1.165, 1.54) is 19.6 Å². The van der Waals surface area contributed by atoms with E-state index in [0.717, 1.165) is 0 Å². The second-order valence-corrected chi connectivity index (χ2v) is 3.73. The van der Waals surface area contributed by atoms with E-state index >= 15 is 0 Å². The van der Waals surface area contributed by atoms with E-state index in [2.05, 4.69) is 20.8 Å². The summed E-state index contributed by atoms with van der Waals surface area (Å²) in [5, 5.41) is 0. The van der Waals surface area contributed by atoms with E-state index in [-0.39, 0.29) is 0 Å². The minimum Gasteiger partial charge on any atom is -0.725 e. The molecule has 9 heteroatoms. The lowest BCUT2D eigenvalue weighted by Crippen LogP contribution is -3.11.